The summed E-state index contributed by atoms with van der Waals surface area (Å²) >= 11 is 0. The normalized spacial score (nSPS) is 12.7. The number of amides is 2. The van der Waals surface area contributed by atoms with Gasteiger partial charge in [-0.05, 0) is 55.0 Å². The minimum atomic E-state index is -0.328. The molecule has 1 aliphatic rings. The maximum atomic E-state index is 12.8. The molecule has 31 heavy (non-hydrogen) atoms. The summed E-state index contributed by atoms with van der Waals surface area (Å²) in [5.41, 5.74) is 4.56. The molecule has 2 aromatic heterocycles. The first-order chi connectivity index (χ1) is 15.1. The third-order valence-corrected chi connectivity index (χ3v) is 5.13. The zero-order chi connectivity index (χ0) is 21.4. The van der Waals surface area contributed by atoms with Gasteiger partial charge in [0.05, 0.1) is 22.5 Å². The lowest BCUT2D eigenvalue weighted by molar-refractivity contribution is 0.0926. The maximum absolute atomic E-state index is 12.8. The van der Waals surface area contributed by atoms with Crippen molar-refractivity contribution in [2.45, 2.75) is 6.92 Å². The molecule has 0 unspecified atom stereocenters. The van der Waals surface area contributed by atoms with E-state index in [0.717, 1.165) is 16.8 Å². The molecule has 0 aliphatic carbocycles. The Morgan fingerprint density at radius 2 is 1.65 bits per heavy atom. The van der Waals surface area contributed by atoms with Crippen LogP contribution < -0.4 is 10.2 Å². The van der Waals surface area contributed by atoms with Crippen molar-refractivity contribution in [1.29, 1.82) is 0 Å². The molecule has 150 valence electrons. The van der Waals surface area contributed by atoms with Gasteiger partial charge in [0.15, 0.2) is 0 Å². The van der Waals surface area contributed by atoms with Crippen LogP contribution in [0.3, 0.4) is 0 Å². The number of aryl methyl sites for hydroxylation is 1. The van der Waals surface area contributed by atoms with Crippen LogP contribution in [0.5, 0.6) is 0 Å². The van der Waals surface area contributed by atoms with Gasteiger partial charge in [-0.15, -0.1) is 0 Å². The molecule has 5 rings (SSSR count). The second kappa shape index (κ2) is 7.46. The van der Waals surface area contributed by atoms with Crippen LogP contribution in [0.25, 0.3) is 11.3 Å². The van der Waals surface area contributed by atoms with Crippen LogP contribution >= 0.6 is 0 Å². The van der Waals surface area contributed by atoms with Gasteiger partial charge in [0.2, 0.25) is 5.95 Å². The summed E-state index contributed by atoms with van der Waals surface area (Å²) in [7, 11) is 0. The Balaban J connectivity index is 1.47. The van der Waals surface area contributed by atoms with E-state index in [1.54, 1.807) is 55.0 Å². The summed E-state index contributed by atoms with van der Waals surface area (Å²) in [5.74, 6) is -0.251. The highest BCUT2D eigenvalue weighted by atomic mass is 16.2. The molecule has 7 heteroatoms. The second-order valence-electron chi connectivity index (χ2n) is 7.12. The smallest absolute Gasteiger partial charge is 0.266 e. The van der Waals surface area contributed by atoms with E-state index in [2.05, 4.69) is 20.3 Å². The monoisotopic (exact) mass is 407 g/mol. The molecule has 1 N–H and O–H groups in total. The number of hydrogen-bond acceptors (Lipinski definition) is 6. The molecule has 1 aliphatic heterocycles. The van der Waals surface area contributed by atoms with Crippen molar-refractivity contribution in [3.63, 3.8) is 0 Å². The van der Waals surface area contributed by atoms with Gasteiger partial charge < -0.3 is 5.32 Å². The first kappa shape index (κ1) is 18.6. The number of anilines is 3. The molecule has 0 saturated carbocycles. The lowest BCUT2D eigenvalue weighted by Crippen LogP contribution is -2.29. The Kier molecular flexibility index (Phi) is 4.48. The number of carbonyl (C=O) groups excluding carboxylic acids is 2. The first-order valence-electron chi connectivity index (χ1n) is 9.71. The molecule has 0 saturated heterocycles. The van der Waals surface area contributed by atoms with Crippen molar-refractivity contribution >= 4 is 29.1 Å². The third-order valence-electron chi connectivity index (χ3n) is 5.13. The fraction of sp³-hybridized carbons (Fsp3) is 0.0417. The van der Waals surface area contributed by atoms with Gasteiger partial charge in [0.1, 0.15) is 0 Å². The van der Waals surface area contributed by atoms with Gasteiger partial charge >= 0.3 is 0 Å². The number of aromatic nitrogens is 3. The first-order valence-corrected chi connectivity index (χ1v) is 9.71. The number of imide groups is 1. The van der Waals surface area contributed by atoms with Gasteiger partial charge in [0, 0.05) is 29.8 Å². The summed E-state index contributed by atoms with van der Waals surface area (Å²) in [5, 5.41) is 3.21. The van der Waals surface area contributed by atoms with Gasteiger partial charge in [-0.1, -0.05) is 18.2 Å². The average Bonchev–Trinajstić information content (AvgIpc) is 3.06. The predicted octanol–water partition coefficient (Wildman–Crippen LogP) is 4.39. The SMILES string of the molecule is Cc1ccc(N2C(=O)c3ccccc3C2=O)cc1Nc1nccc(-c2cccnc2)n1. The van der Waals surface area contributed by atoms with Crippen molar-refractivity contribution in [2.75, 3.05) is 10.2 Å². The second-order valence-corrected chi connectivity index (χ2v) is 7.12. The van der Waals surface area contributed by atoms with Gasteiger partial charge in [-0.3, -0.25) is 14.6 Å². The van der Waals surface area contributed by atoms with E-state index in [1.165, 1.54) is 4.90 Å². The van der Waals surface area contributed by atoms with Crippen LogP contribution in [0, 0.1) is 6.92 Å². The zero-order valence-corrected chi connectivity index (χ0v) is 16.6. The largest absolute Gasteiger partial charge is 0.324 e. The summed E-state index contributed by atoms with van der Waals surface area (Å²) < 4.78 is 0. The van der Waals surface area contributed by atoms with Crippen LogP contribution in [0.15, 0.2) is 79.3 Å². The standard InChI is InChI=1S/C24H17N5O2/c1-15-8-9-17(29-22(30)18-6-2-3-7-19(18)23(29)31)13-21(15)28-24-26-12-10-20(27-24)16-5-4-11-25-14-16/h2-14H,1H3,(H,26,27,28). The number of carbonyl (C=O) groups is 2. The number of benzene rings is 2. The number of rotatable bonds is 4. The molecule has 0 radical (unpaired) electrons. The van der Waals surface area contributed by atoms with Crippen LogP contribution in [-0.4, -0.2) is 26.8 Å². The van der Waals surface area contributed by atoms with Crippen molar-refractivity contribution in [3.05, 3.63) is 95.9 Å². The van der Waals surface area contributed by atoms with Gasteiger partial charge in [0.25, 0.3) is 11.8 Å². The van der Waals surface area contributed by atoms with Crippen LogP contribution in [-0.2, 0) is 0 Å². The van der Waals surface area contributed by atoms with Crippen molar-refractivity contribution in [3.8, 4) is 11.3 Å². The van der Waals surface area contributed by atoms with E-state index < -0.39 is 0 Å². The van der Waals surface area contributed by atoms with E-state index in [9.17, 15) is 9.59 Å². The quantitative estimate of drug-likeness (QED) is 0.505. The van der Waals surface area contributed by atoms with Crippen molar-refractivity contribution in [2.24, 2.45) is 0 Å². The minimum absolute atomic E-state index is 0.328. The Labute approximate surface area is 178 Å². The van der Waals surface area contributed by atoms with E-state index in [-0.39, 0.29) is 11.8 Å². The Morgan fingerprint density at radius 3 is 2.35 bits per heavy atom. The molecule has 0 bridgehead atoms. The summed E-state index contributed by atoms with van der Waals surface area (Å²) in [4.78, 5) is 39.8. The molecule has 0 spiro atoms. The van der Waals surface area contributed by atoms with E-state index in [1.807, 2.05) is 31.2 Å². The number of hydrogen-bond donors (Lipinski definition) is 1. The fourth-order valence-electron chi connectivity index (χ4n) is 3.52. The van der Waals surface area contributed by atoms with Crippen LogP contribution in [0.2, 0.25) is 0 Å². The molecule has 0 atom stereocenters. The topological polar surface area (TPSA) is 88.1 Å². The molecular formula is C24H17N5O2. The molecule has 7 nitrogen and oxygen atoms in total. The minimum Gasteiger partial charge on any atom is -0.324 e. The van der Waals surface area contributed by atoms with Crippen molar-refractivity contribution in [1.82, 2.24) is 15.0 Å². The molecule has 0 fully saturated rings. The number of nitrogens with zero attached hydrogens (tertiary/aromatic N) is 4. The third kappa shape index (κ3) is 3.32. The lowest BCUT2D eigenvalue weighted by atomic mass is 10.1. The molecule has 4 aromatic rings. The van der Waals surface area contributed by atoms with E-state index in [0.29, 0.717) is 28.5 Å². The Morgan fingerprint density at radius 1 is 0.871 bits per heavy atom. The van der Waals surface area contributed by atoms with Crippen LogP contribution in [0.1, 0.15) is 26.3 Å². The maximum Gasteiger partial charge on any atom is 0.266 e. The molecular weight excluding hydrogens is 390 g/mol. The predicted molar refractivity (Wildman–Crippen MR) is 117 cm³/mol. The number of nitrogens with one attached hydrogen (secondary N) is 1. The molecule has 2 amide bonds. The van der Waals surface area contributed by atoms with Crippen molar-refractivity contribution < 1.29 is 9.59 Å². The molecule has 3 heterocycles. The zero-order valence-electron chi connectivity index (χ0n) is 16.6. The average molecular weight is 407 g/mol. The fourth-order valence-corrected chi connectivity index (χ4v) is 3.52. The summed E-state index contributed by atoms with van der Waals surface area (Å²) in [6.45, 7) is 1.93. The number of fused-ring (bicyclic) bond motifs is 1. The summed E-state index contributed by atoms with van der Waals surface area (Å²) in [6, 6.07) is 17.8. The summed E-state index contributed by atoms with van der Waals surface area (Å²) in [6.07, 6.45) is 5.11. The van der Waals surface area contributed by atoms with Crippen LogP contribution in [0.4, 0.5) is 17.3 Å². The highest BCUT2D eigenvalue weighted by Crippen LogP contribution is 2.32. The van der Waals surface area contributed by atoms with Gasteiger partial charge in [-0.2, -0.15) is 0 Å². The lowest BCUT2D eigenvalue weighted by Gasteiger charge is -2.17. The molecule has 2 aromatic carbocycles. The number of pyridine rings is 1. The Hall–Kier alpha value is -4.39. The highest BCUT2D eigenvalue weighted by Gasteiger charge is 2.36. The van der Waals surface area contributed by atoms with Gasteiger partial charge in [-0.25, -0.2) is 14.9 Å². The Bertz CT molecular complexity index is 1290. The van der Waals surface area contributed by atoms with E-state index in [4.69, 9.17) is 0 Å². The highest BCUT2D eigenvalue weighted by molar-refractivity contribution is 6.34. The van der Waals surface area contributed by atoms with E-state index >= 15 is 0 Å².